The molecule has 10 heteroatoms. The van der Waals surface area contributed by atoms with Gasteiger partial charge in [-0.1, -0.05) is 30.1 Å². The molecule has 3 aromatic rings. The average Bonchev–Trinajstić information content (AvgIpc) is 2.58. The number of nitrogens with zero attached hydrogens (tertiary/aromatic N) is 3. The summed E-state index contributed by atoms with van der Waals surface area (Å²) in [6.07, 6.45) is 2.62. The zero-order valence-corrected chi connectivity index (χ0v) is 15.2. The Bertz CT molecular complexity index is 1130. The molecule has 1 N–H and O–H groups in total. The van der Waals surface area contributed by atoms with Crippen LogP contribution in [0.5, 0.6) is 0 Å². The molecule has 0 bridgehead atoms. The number of hydrogen-bond donors (Lipinski definition) is 1. The Morgan fingerprint density at radius 2 is 1.96 bits per heavy atom. The lowest BCUT2D eigenvalue weighted by atomic mass is 10.3. The van der Waals surface area contributed by atoms with Crippen LogP contribution in [0.3, 0.4) is 0 Å². The fourth-order valence-corrected chi connectivity index (χ4v) is 3.58. The van der Waals surface area contributed by atoms with E-state index >= 15 is 0 Å². The van der Waals surface area contributed by atoms with Crippen molar-refractivity contribution in [2.45, 2.75) is 11.8 Å². The Labute approximate surface area is 153 Å². The van der Waals surface area contributed by atoms with E-state index in [1.54, 1.807) is 0 Å². The van der Waals surface area contributed by atoms with Gasteiger partial charge in [-0.05, 0) is 24.3 Å². The number of pyridine rings is 1. The van der Waals surface area contributed by atoms with Crippen molar-refractivity contribution in [2.75, 3.05) is 11.2 Å². The molecule has 0 spiro atoms. The first-order valence-electron chi connectivity index (χ1n) is 7.14. The molecule has 0 saturated heterocycles. The summed E-state index contributed by atoms with van der Waals surface area (Å²) in [6.45, 7) is 1.53. The Hall–Kier alpha value is -2.16. The lowest BCUT2D eigenvalue weighted by Gasteiger charge is -2.14. The van der Waals surface area contributed by atoms with Crippen LogP contribution in [0.2, 0.25) is 10.2 Å². The molecule has 2 aromatic heterocycles. The Kier molecular flexibility index (Phi) is 4.68. The molecular weight excluding hydrogens is 387 g/mol. The molecule has 0 amide bonds. The summed E-state index contributed by atoms with van der Waals surface area (Å²) in [7, 11) is -3.52. The van der Waals surface area contributed by atoms with Crippen molar-refractivity contribution >= 4 is 49.6 Å². The highest BCUT2D eigenvalue weighted by Gasteiger charge is 2.18. The van der Waals surface area contributed by atoms with E-state index < -0.39 is 15.4 Å². The SMILES string of the molecule is CCS(=O)(=O)c1ccc(Cl)cc1Nn1cnc2cnc(Cl)cc2c1=O. The van der Waals surface area contributed by atoms with Gasteiger partial charge in [-0.2, -0.15) is 0 Å². The number of rotatable bonds is 4. The topological polar surface area (TPSA) is 93.9 Å². The van der Waals surface area contributed by atoms with Crippen LogP contribution in [0.15, 0.2) is 46.5 Å². The fourth-order valence-electron chi connectivity index (χ4n) is 2.22. The van der Waals surface area contributed by atoms with Crippen molar-refractivity contribution < 1.29 is 8.42 Å². The molecule has 0 aliphatic carbocycles. The third kappa shape index (κ3) is 3.46. The number of benzene rings is 1. The van der Waals surface area contributed by atoms with Gasteiger partial charge in [-0.3, -0.25) is 10.2 Å². The van der Waals surface area contributed by atoms with Crippen LogP contribution in [-0.4, -0.2) is 28.8 Å². The molecule has 130 valence electrons. The predicted octanol–water partition coefficient (Wildman–Crippen LogP) is 2.77. The molecule has 3 rings (SSSR count). The summed E-state index contributed by atoms with van der Waals surface area (Å²) >= 11 is 11.8. The molecule has 0 aliphatic heterocycles. The third-order valence-corrected chi connectivity index (χ3v) is 5.74. The summed E-state index contributed by atoms with van der Waals surface area (Å²) in [5.41, 5.74) is 2.85. The van der Waals surface area contributed by atoms with E-state index in [9.17, 15) is 13.2 Å². The summed E-state index contributed by atoms with van der Waals surface area (Å²) in [5.74, 6) is -0.0878. The van der Waals surface area contributed by atoms with Crippen molar-refractivity contribution in [2.24, 2.45) is 0 Å². The van der Waals surface area contributed by atoms with Gasteiger partial charge >= 0.3 is 0 Å². The molecule has 1 aromatic carbocycles. The summed E-state index contributed by atoms with van der Waals surface area (Å²) in [6, 6.07) is 5.69. The predicted molar refractivity (Wildman–Crippen MR) is 97.0 cm³/mol. The van der Waals surface area contributed by atoms with Crippen LogP contribution in [0.4, 0.5) is 5.69 Å². The van der Waals surface area contributed by atoms with E-state index in [0.29, 0.717) is 10.5 Å². The summed E-state index contributed by atoms with van der Waals surface area (Å²) in [5, 5.41) is 0.727. The first kappa shape index (κ1) is 17.7. The molecule has 0 atom stereocenters. The lowest BCUT2D eigenvalue weighted by molar-refractivity contribution is 0.597. The van der Waals surface area contributed by atoms with Crippen molar-refractivity contribution in [3.05, 3.63) is 57.3 Å². The fraction of sp³-hybridized carbons (Fsp3) is 0.133. The van der Waals surface area contributed by atoms with Crippen LogP contribution in [0, 0.1) is 0 Å². The number of hydrogen-bond acceptors (Lipinski definition) is 6. The van der Waals surface area contributed by atoms with Gasteiger partial charge in [0.2, 0.25) is 0 Å². The highest BCUT2D eigenvalue weighted by Crippen LogP contribution is 2.26. The van der Waals surface area contributed by atoms with Crippen molar-refractivity contribution in [1.29, 1.82) is 0 Å². The first-order valence-corrected chi connectivity index (χ1v) is 9.55. The Morgan fingerprint density at radius 3 is 2.68 bits per heavy atom. The highest BCUT2D eigenvalue weighted by atomic mass is 35.5. The largest absolute Gasteiger partial charge is 0.289 e. The number of nitrogens with one attached hydrogen (secondary N) is 1. The van der Waals surface area contributed by atoms with Gasteiger partial charge in [-0.15, -0.1) is 0 Å². The van der Waals surface area contributed by atoms with Gasteiger partial charge in [-0.25, -0.2) is 23.1 Å². The highest BCUT2D eigenvalue weighted by molar-refractivity contribution is 7.91. The smallest absolute Gasteiger partial charge is 0.280 e. The molecule has 2 heterocycles. The molecule has 0 unspecified atom stereocenters. The minimum Gasteiger partial charge on any atom is -0.289 e. The average molecular weight is 399 g/mol. The van der Waals surface area contributed by atoms with Crippen LogP contribution < -0.4 is 11.0 Å². The number of aromatic nitrogens is 3. The Morgan fingerprint density at radius 1 is 1.20 bits per heavy atom. The maximum atomic E-state index is 12.6. The lowest BCUT2D eigenvalue weighted by Crippen LogP contribution is -2.27. The van der Waals surface area contributed by atoms with Crippen LogP contribution in [0.25, 0.3) is 10.9 Å². The van der Waals surface area contributed by atoms with Gasteiger partial charge in [0.15, 0.2) is 9.84 Å². The van der Waals surface area contributed by atoms with Gasteiger partial charge in [0.05, 0.1) is 33.4 Å². The maximum Gasteiger partial charge on any atom is 0.280 e. The molecule has 0 aliphatic rings. The van der Waals surface area contributed by atoms with Crippen LogP contribution >= 0.6 is 23.2 Å². The normalized spacial score (nSPS) is 11.6. The summed E-state index contributed by atoms with van der Waals surface area (Å²) in [4.78, 5) is 20.6. The van der Waals surface area contributed by atoms with E-state index in [-0.39, 0.29) is 26.9 Å². The van der Waals surface area contributed by atoms with E-state index in [1.165, 1.54) is 43.7 Å². The van der Waals surface area contributed by atoms with Crippen LogP contribution in [-0.2, 0) is 9.84 Å². The maximum absolute atomic E-state index is 12.6. The van der Waals surface area contributed by atoms with Crippen molar-refractivity contribution in [1.82, 2.24) is 14.6 Å². The van der Waals surface area contributed by atoms with Gasteiger partial charge in [0.1, 0.15) is 11.5 Å². The van der Waals surface area contributed by atoms with Crippen LogP contribution in [0.1, 0.15) is 6.92 Å². The van der Waals surface area contributed by atoms with Crippen molar-refractivity contribution in [3.63, 3.8) is 0 Å². The van der Waals surface area contributed by atoms with E-state index in [1.807, 2.05) is 0 Å². The van der Waals surface area contributed by atoms with Gasteiger partial charge < -0.3 is 0 Å². The molecule has 0 radical (unpaired) electrons. The van der Waals surface area contributed by atoms with Crippen molar-refractivity contribution in [3.8, 4) is 0 Å². The molecule has 25 heavy (non-hydrogen) atoms. The second kappa shape index (κ2) is 6.62. The van der Waals surface area contributed by atoms with Gasteiger partial charge in [0.25, 0.3) is 5.56 Å². The molecule has 7 nitrogen and oxygen atoms in total. The van der Waals surface area contributed by atoms with E-state index in [2.05, 4.69) is 15.4 Å². The minimum absolute atomic E-state index is 0.0409. The number of halogens is 2. The first-order chi connectivity index (χ1) is 11.8. The number of sulfone groups is 1. The zero-order chi connectivity index (χ0) is 18.2. The number of fused-ring (bicyclic) bond motifs is 1. The quantitative estimate of drug-likeness (QED) is 0.678. The molecule has 0 saturated carbocycles. The van der Waals surface area contributed by atoms with E-state index in [4.69, 9.17) is 23.2 Å². The van der Waals surface area contributed by atoms with Gasteiger partial charge in [0, 0.05) is 5.02 Å². The standard InChI is InChI=1S/C15H12Cl2N4O3S/c1-2-25(23,24)13-4-3-9(16)5-11(13)20-21-8-19-12-7-18-14(17)6-10(12)15(21)22/h3-8,20H,2H2,1H3. The third-order valence-electron chi connectivity index (χ3n) is 3.51. The monoisotopic (exact) mass is 398 g/mol. The minimum atomic E-state index is -3.52. The Balaban J connectivity index is 2.15. The summed E-state index contributed by atoms with van der Waals surface area (Å²) < 4.78 is 25.6. The second-order valence-corrected chi connectivity index (χ2v) is 8.17. The molecular formula is C15H12Cl2N4O3S. The van der Waals surface area contributed by atoms with E-state index in [0.717, 1.165) is 4.68 Å². The zero-order valence-electron chi connectivity index (χ0n) is 12.9. The second-order valence-electron chi connectivity index (χ2n) is 5.10. The molecule has 0 fully saturated rings. The number of anilines is 1.